The lowest BCUT2D eigenvalue weighted by Crippen LogP contribution is -2.71. The van der Waals surface area contributed by atoms with Gasteiger partial charge in [-0.25, -0.2) is 14.6 Å². The van der Waals surface area contributed by atoms with Crippen LogP contribution in [-0.4, -0.2) is 126 Å². The monoisotopic (exact) mass is 792 g/mol. The molecule has 8 N–H and O–H groups in total. The second-order valence-electron chi connectivity index (χ2n) is 14.1. The number of β-lactam (4-membered cyclic amide) rings is 1. The summed E-state index contributed by atoms with van der Waals surface area (Å²) < 4.78 is 0.650. The molecule has 4 fully saturated rings. The summed E-state index contributed by atoms with van der Waals surface area (Å²) in [6, 6.07) is 1.46. The molecular weight excluding hydrogens is 754 g/mol. The second kappa shape index (κ2) is 14.7. The second-order valence-corrected chi connectivity index (χ2v) is 16.5. The first-order valence-corrected chi connectivity index (χ1v) is 19.1. The number of hydrogen-bond donors (Lipinski definition) is 7. The number of hydrogen-bond acceptors (Lipinski definition) is 13. The van der Waals surface area contributed by atoms with Gasteiger partial charge in [0, 0.05) is 53.8 Å². The summed E-state index contributed by atoms with van der Waals surface area (Å²) in [5.41, 5.74) is 5.84. The van der Waals surface area contributed by atoms with E-state index in [4.69, 9.17) is 22.2 Å². The van der Waals surface area contributed by atoms with Gasteiger partial charge in [0.1, 0.15) is 29.4 Å². The highest BCUT2D eigenvalue weighted by Gasteiger charge is 2.56. The van der Waals surface area contributed by atoms with Gasteiger partial charge in [0.05, 0.1) is 30.2 Å². The number of thioether (sulfide) groups is 1. The van der Waals surface area contributed by atoms with Crippen LogP contribution in [0.1, 0.15) is 49.2 Å². The predicted molar refractivity (Wildman–Crippen MR) is 193 cm³/mol. The van der Waals surface area contributed by atoms with E-state index in [2.05, 4.69) is 20.8 Å². The molecule has 3 atom stereocenters. The van der Waals surface area contributed by atoms with Crippen LogP contribution < -0.4 is 16.4 Å². The summed E-state index contributed by atoms with van der Waals surface area (Å²) in [4.78, 5) is 74.7. The number of carboxylic acids is 2. The number of thiazole rings is 1. The van der Waals surface area contributed by atoms with Crippen molar-refractivity contribution in [1.82, 2.24) is 20.5 Å². The summed E-state index contributed by atoms with van der Waals surface area (Å²) >= 11 is 8.44. The minimum absolute atomic E-state index is 0.0247. The molecule has 0 spiro atoms. The van der Waals surface area contributed by atoms with Gasteiger partial charge in [0.15, 0.2) is 22.3 Å². The normalized spacial score (nSPS) is 25.8. The molecule has 5 aliphatic rings. The van der Waals surface area contributed by atoms with E-state index < -0.39 is 64.6 Å². The number of carbonyl (C=O) groups is 5. The zero-order valence-corrected chi connectivity index (χ0v) is 31.1. The molecule has 284 valence electrons. The Morgan fingerprint density at radius 3 is 2.43 bits per heavy atom. The lowest BCUT2D eigenvalue weighted by Gasteiger charge is -2.56. The van der Waals surface area contributed by atoms with Crippen molar-refractivity contribution in [2.75, 3.05) is 44.2 Å². The molecule has 1 aromatic carbocycles. The average molecular weight is 793 g/mol. The number of oxime groups is 1. The number of halogens is 1. The molecule has 3 amide bonds. The van der Waals surface area contributed by atoms with Gasteiger partial charge >= 0.3 is 11.9 Å². The number of anilines is 1. The number of carboxylic acid groups (broad SMARTS) is 2. The molecular formula is C33H39ClN7O10S2+. The lowest BCUT2D eigenvalue weighted by molar-refractivity contribution is -0.941. The number of phenols is 2. The van der Waals surface area contributed by atoms with Crippen molar-refractivity contribution >= 4 is 75.2 Å². The lowest BCUT2D eigenvalue weighted by atomic mass is 9.70. The van der Waals surface area contributed by atoms with Gasteiger partial charge < -0.3 is 46.1 Å². The van der Waals surface area contributed by atoms with Gasteiger partial charge in [0.25, 0.3) is 17.7 Å². The first-order chi connectivity index (χ1) is 25.0. The SMILES string of the molecule is CC(C)[C@H](O/N=C(\C(=O)N[C@@H]1C(=O)N2C(C(=O)O)=C(C[N+]34CCC(CNC(=O)c5ccc(O)c(O)c5Cl)(CC3)CC4)CS[C@H]12)c1csc(N)n1)C(=O)O. The summed E-state index contributed by atoms with van der Waals surface area (Å²) in [5, 5.41) is 49.4. The number of aromatic hydroxyl groups is 2. The molecule has 0 saturated carbocycles. The minimum atomic E-state index is -1.36. The highest BCUT2D eigenvalue weighted by molar-refractivity contribution is 8.00. The number of carbonyl (C=O) groups excluding carboxylic acids is 3. The molecule has 7 rings (SSSR count). The van der Waals surface area contributed by atoms with E-state index in [0.717, 1.165) is 50.2 Å². The van der Waals surface area contributed by atoms with E-state index in [1.165, 1.54) is 34.2 Å². The largest absolute Gasteiger partial charge is 0.504 e. The fourth-order valence-electron chi connectivity index (χ4n) is 7.31. The molecule has 0 unspecified atom stereocenters. The van der Waals surface area contributed by atoms with Gasteiger partial charge in [-0.3, -0.25) is 19.3 Å². The number of phenolic OH excluding ortho intramolecular Hbond substituents is 2. The van der Waals surface area contributed by atoms with Gasteiger partial charge in [-0.2, -0.15) is 0 Å². The smallest absolute Gasteiger partial charge is 0.352 e. The zero-order valence-electron chi connectivity index (χ0n) is 28.7. The minimum Gasteiger partial charge on any atom is -0.504 e. The maximum Gasteiger partial charge on any atom is 0.352 e. The number of amides is 3. The van der Waals surface area contributed by atoms with Crippen LogP contribution >= 0.6 is 34.7 Å². The maximum atomic E-state index is 13.5. The molecule has 2 bridgehead atoms. The van der Waals surface area contributed by atoms with Crippen LogP contribution in [0.25, 0.3) is 0 Å². The van der Waals surface area contributed by atoms with Crippen molar-refractivity contribution in [2.24, 2.45) is 16.5 Å². The number of nitrogens with zero attached hydrogens (tertiary/aromatic N) is 4. The van der Waals surface area contributed by atoms with Gasteiger partial charge in [-0.15, -0.1) is 23.1 Å². The van der Waals surface area contributed by atoms with Crippen LogP contribution in [0.15, 0.2) is 33.9 Å². The zero-order chi connectivity index (χ0) is 38.4. The third-order valence-corrected chi connectivity index (χ3v) is 12.9. The van der Waals surface area contributed by atoms with Crippen molar-refractivity contribution < 1.29 is 53.7 Å². The van der Waals surface area contributed by atoms with Crippen molar-refractivity contribution in [1.29, 1.82) is 0 Å². The quantitative estimate of drug-likeness (QED) is 0.0503. The van der Waals surface area contributed by atoms with E-state index in [-0.39, 0.29) is 38.2 Å². The number of fused-ring (bicyclic) bond motifs is 4. The van der Waals surface area contributed by atoms with Gasteiger partial charge in [0.2, 0.25) is 6.10 Å². The Morgan fingerprint density at radius 2 is 1.85 bits per heavy atom. The Hall–Kier alpha value is -4.59. The number of rotatable bonds is 13. The summed E-state index contributed by atoms with van der Waals surface area (Å²) in [7, 11) is 0. The van der Waals surface area contributed by atoms with Crippen molar-refractivity contribution in [2.45, 2.75) is 50.6 Å². The maximum absolute atomic E-state index is 13.5. The Kier molecular flexibility index (Phi) is 10.6. The Balaban J connectivity index is 1.11. The molecule has 20 heteroatoms. The van der Waals surface area contributed by atoms with Gasteiger partial charge in [-0.1, -0.05) is 30.6 Å². The Labute approximate surface area is 316 Å². The number of benzene rings is 1. The van der Waals surface area contributed by atoms with E-state index in [1.54, 1.807) is 13.8 Å². The molecule has 17 nitrogen and oxygen atoms in total. The van der Waals surface area contributed by atoms with E-state index in [0.29, 0.717) is 28.9 Å². The molecule has 0 radical (unpaired) electrons. The standard InChI is InChI=1S/C33H38ClN7O10S2/c1-15(2)25(31(49)50)51-39-21(18-13-53-32(35)37-18)27(45)38-22-28(46)40-23(30(47)48)16(12-52-29(22)40)11-41-8-5-33(6-9-41,7-10-41)14-36-26(44)17-3-4-19(42)24(43)20(17)34/h3-4,13,15,22,25,29H,5-12,14H2,1-2H3,(H7-,35,36,37,38,39,42,43,44,45,47,48,49,50)/p+1/t22-,25+,29-,33?,41?/m1/s1. The first kappa shape index (κ1) is 38.1. The number of nitrogens with two attached hydrogens (primary N) is 1. The van der Waals surface area contributed by atoms with E-state index >= 15 is 0 Å². The van der Waals surface area contributed by atoms with Crippen molar-refractivity contribution in [3.63, 3.8) is 0 Å². The number of aromatic nitrogens is 1. The average Bonchev–Trinajstić information content (AvgIpc) is 3.55. The Morgan fingerprint density at radius 1 is 1.17 bits per heavy atom. The highest BCUT2D eigenvalue weighted by Crippen LogP contribution is 2.46. The molecule has 6 heterocycles. The fraction of sp³-hybridized carbons (Fsp3) is 0.485. The number of piperidine rings is 3. The molecule has 53 heavy (non-hydrogen) atoms. The number of aliphatic carboxylic acids is 2. The summed E-state index contributed by atoms with van der Waals surface area (Å²) in [5.74, 6) is -5.59. The van der Waals surface area contributed by atoms with Gasteiger partial charge in [-0.05, 0) is 12.1 Å². The summed E-state index contributed by atoms with van der Waals surface area (Å²) in [6.45, 7) is 6.30. The fourth-order valence-corrected chi connectivity index (χ4v) is 9.44. The Bertz CT molecular complexity index is 1910. The number of nitrogen functional groups attached to an aromatic ring is 1. The third kappa shape index (κ3) is 7.34. The highest BCUT2D eigenvalue weighted by atomic mass is 35.5. The topological polar surface area (TPSA) is 254 Å². The molecule has 0 aliphatic carbocycles. The summed E-state index contributed by atoms with van der Waals surface area (Å²) in [6.07, 6.45) is 0.993. The van der Waals surface area contributed by atoms with Crippen molar-refractivity contribution in [3.05, 3.63) is 45.1 Å². The van der Waals surface area contributed by atoms with Crippen LogP contribution in [0.4, 0.5) is 5.13 Å². The molecule has 2 aromatic rings. The van der Waals surface area contributed by atoms with Crippen molar-refractivity contribution in [3.8, 4) is 11.5 Å². The van der Waals surface area contributed by atoms with E-state index in [1.807, 2.05) is 0 Å². The van der Waals surface area contributed by atoms with Crippen LogP contribution in [0.5, 0.6) is 11.5 Å². The molecule has 5 aliphatic heterocycles. The third-order valence-electron chi connectivity index (χ3n) is 10.5. The number of quaternary nitrogens is 1. The first-order valence-electron chi connectivity index (χ1n) is 16.8. The molecule has 1 aromatic heterocycles. The predicted octanol–water partition coefficient (Wildman–Crippen LogP) is 1.79. The van der Waals surface area contributed by atoms with Crippen LogP contribution in [0.2, 0.25) is 5.02 Å². The van der Waals surface area contributed by atoms with E-state index in [9.17, 15) is 44.4 Å². The number of nitrogens with one attached hydrogen (secondary N) is 2. The van der Waals surface area contributed by atoms with Crippen LogP contribution in [0.3, 0.4) is 0 Å². The van der Waals surface area contributed by atoms with Crippen LogP contribution in [0, 0.1) is 11.3 Å². The molecule has 4 saturated heterocycles. The van der Waals surface area contributed by atoms with Crippen LogP contribution in [-0.2, 0) is 24.0 Å².